The maximum absolute atomic E-state index is 13.9. The number of ether oxygens (including phenoxy) is 1. The van der Waals surface area contributed by atoms with Crippen molar-refractivity contribution in [1.29, 1.82) is 0 Å². The second-order valence-corrected chi connectivity index (χ2v) is 13.3. The van der Waals surface area contributed by atoms with Crippen LogP contribution in [0.5, 0.6) is 0 Å². The van der Waals surface area contributed by atoms with Gasteiger partial charge >= 0.3 is 5.97 Å². The molecule has 0 radical (unpaired) electrons. The lowest BCUT2D eigenvalue weighted by atomic mass is 9.65. The molecule has 2 bridgehead atoms. The first-order chi connectivity index (χ1) is 16.3. The van der Waals surface area contributed by atoms with Gasteiger partial charge in [0.05, 0.1) is 16.1 Å². The fraction of sp³-hybridized carbons (Fsp3) is 0.440. The summed E-state index contributed by atoms with van der Waals surface area (Å²) in [7, 11) is -3.82. The van der Waals surface area contributed by atoms with E-state index in [1.165, 1.54) is 36.4 Å². The summed E-state index contributed by atoms with van der Waals surface area (Å²) < 4.78 is 48.0. The number of fused-ring (bicyclic) bond motifs is 2. The lowest BCUT2D eigenvalue weighted by Crippen LogP contribution is -2.37. The van der Waals surface area contributed by atoms with Crippen LogP contribution in [0.15, 0.2) is 51.8 Å². The van der Waals surface area contributed by atoms with Crippen LogP contribution in [-0.2, 0) is 19.6 Å². The zero-order valence-corrected chi connectivity index (χ0v) is 22.2. The van der Waals surface area contributed by atoms with Crippen LogP contribution < -0.4 is 5.32 Å². The standard InChI is InChI=1S/C25H28BrFN2O5S/c1-24(2)11-18-12-25(3,14-24)15-29(18)35(32,33)19-6-4-5-16(9-19)23(31)34-13-22(30)28-21-8-7-17(26)10-20(21)27/h4-10,18H,11-15H2,1-3H3,(H,28,30)/t18-,25+/m0/s1. The number of halogens is 2. The van der Waals surface area contributed by atoms with Gasteiger partial charge in [-0.25, -0.2) is 17.6 Å². The SMILES string of the molecule is CC1(C)C[C@H]2C[C@@](C)(CN2S(=O)(=O)c2cccc(C(=O)OCC(=O)Nc3ccc(Br)cc3F)c2)C1. The van der Waals surface area contributed by atoms with E-state index >= 15 is 0 Å². The zero-order chi connectivity index (χ0) is 25.6. The van der Waals surface area contributed by atoms with Gasteiger partial charge in [-0.15, -0.1) is 0 Å². The van der Waals surface area contributed by atoms with Crippen LogP contribution >= 0.6 is 15.9 Å². The van der Waals surface area contributed by atoms with Crippen molar-refractivity contribution < 1.29 is 27.1 Å². The van der Waals surface area contributed by atoms with Gasteiger partial charge in [0.25, 0.3) is 5.91 Å². The van der Waals surface area contributed by atoms with Gasteiger partial charge in [-0.2, -0.15) is 4.31 Å². The molecule has 1 N–H and O–H groups in total. The summed E-state index contributed by atoms with van der Waals surface area (Å²) in [6.07, 6.45) is 2.57. The maximum atomic E-state index is 13.9. The van der Waals surface area contributed by atoms with E-state index < -0.39 is 34.3 Å². The predicted molar refractivity (Wildman–Crippen MR) is 133 cm³/mol. The van der Waals surface area contributed by atoms with Crippen LogP contribution in [0, 0.1) is 16.6 Å². The molecule has 1 aliphatic carbocycles. The Kier molecular flexibility index (Phi) is 6.85. The van der Waals surface area contributed by atoms with Crippen LogP contribution in [0.3, 0.4) is 0 Å². The lowest BCUT2D eigenvalue weighted by Gasteiger charge is -2.39. The van der Waals surface area contributed by atoms with Crippen molar-refractivity contribution in [3.05, 3.63) is 58.3 Å². The number of benzene rings is 2. The molecule has 0 spiro atoms. The van der Waals surface area contributed by atoms with Gasteiger partial charge in [0.15, 0.2) is 6.61 Å². The first kappa shape index (κ1) is 25.8. The first-order valence-corrected chi connectivity index (χ1v) is 13.6. The fourth-order valence-electron chi connectivity index (χ4n) is 5.60. The van der Waals surface area contributed by atoms with Gasteiger partial charge in [-0.1, -0.05) is 42.8 Å². The predicted octanol–water partition coefficient (Wildman–Crippen LogP) is 4.97. The Morgan fingerprint density at radius 1 is 1.17 bits per heavy atom. The summed E-state index contributed by atoms with van der Waals surface area (Å²) in [6, 6.07) is 9.71. The monoisotopic (exact) mass is 566 g/mol. The second kappa shape index (κ2) is 9.29. The number of nitrogens with one attached hydrogen (secondary N) is 1. The number of amides is 1. The Labute approximate surface area is 213 Å². The van der Waals surface area contributed by atoms with Crippen LogP contribution in [0.2, 0.25) is 0 Å². The van der Waals surface area contributed by atoms with E-state index in [1.54, 1.807) is 10.4 Å². The summed E-state index contributed by atoms with van der Waals surface area (Å²) in [6.45, 7) is 6.28. The number of anilines is 1. The number of nitrogens with zero attached hydrogens (tertiary/aromatic N) is 1. The largest absolute Gasteiger partial charge is 0.452 e. The Hall–Kier alpha value is -2.30. The molecule has 2 aromatic rings. The molecule has 0 unspecified atom stereocenters. The Morgan fingerprint density at radius 3 is 2.63 bits per heavy atom. The Balaban J connectivity index is 1.44. The van der Waals surface area contributed by atoms with Crippen molar-refractivity contribution in [1.82, 2.24) is 4.31 Å². The van der Waals surface area contributed by atoms with Crippen molar-refractivity contribution in [2.45, 2.75) is 51.0 Å². The molecule has 1 amide bonds. The zero-order valence-electron chi connectivity index (χ0n) is 19.8. The highest BCUT2D eigenvalue weighted by Crippen LogP contribution is 2.53. The molecule has 2 fully saturated rings. The average molecular weight is 567 g/mol. The summed E-state index contributed by atoms with van der Waals surface area (Å²) >= 11 is 3.13. The van der Waals surface area contributed by atoms with Gasteiger partial charge in [-0.05, 0) is 66.5 Å². The second-order valence-electron chi connectivity index (χ2n) is 10.5. The van der Waals surface area contributed by atoms with E-state index in [1.807, 2.05) is 0 Å². The Morgan fingerprint density at radius 2 is 1.91 bits per heavy atom. The molecule has 1 heterocycles. The third-order valence-electron chi connectivity index (χ3n) is 6.58. The topological polar surface area (TPSA) is 92.8 Å². The van der Waals surface area contributed by atoms with Crippen LogP contribution in [0.25, 0.3) is 0 Å². The molecule has 188 valence electrons. The molecule has 1 saturated heterocycles. The molecule has 2 atom stereocenters. The third-order valence-corrected chi connectivity index (χ3v) is 8.97. The number of hydrogen-bond acceptors (Lipinski definition) is 5. The molecule has 10 heteroatoms. The van der Waals surface area contributed by atoms with E-state index in [0.29, 0.717) is 11.0 Å². The van der Waals surface area contributed by atoms with E-state index in [2.05, 4.69) is 42.0 Å². The molecule has 7 nitrogen and oxygen atoms in total. The summed E-state index contributed by atoms with van der Waals surface area (Å²) in [5.74, 6) is -2.20. The van der Waals surface area contributed by atoms with E-state index in [0.717, 1.165) is 19.3 Å². The number of carbonyl (C=O) groups excluding carboxylic acids is 2. The third kappa shape index (κ3) is 5.59. The van der Waals surface area contributed by atoms with Gasteiger partial charge in [0.2, 0.25) is 10.0 Å². The maximum Gasteiger partial charge on any atom is 0.338 e. The van der Waals surface area contributed by atoms with Gasteiger partial charge in [0, 0.05) is 17.1 Å². The number of esters is 1. The van der Waals surface area contributed by atoms with Crippen molar-refractivity contribution in [3.63, 3.8) is 0 Å². The van der Waals surface area contributed by atoms with Crippen molar-refractivity contribution >= 4 is 43.5 Å². The van der Waals surface area contributed by atoms with E-state index in [4.69, 9.17) is 4.74 Å². The van der Waals surface area contributed by atoms with Gasteiger partial charge in [-0.3, -0.25) is 4.79 Å². The van der Waals surface area contributed by atoms with Crippen LogP contribution in [0.4, 0.5) is 10.1 Å². The molecule has 35 heavy (non-hydrogen) atoms. The average Bonchev–Trinajstić information content (AvgIpc) is 3.03. The molecule has 0 aromatic heterocycles. The number of hydrogen-bond donors (Lipinski definition) is 1. The fourth-order valence-corrected chi connectivity index (χ4v) is 7.75. The number of sulfonamides is 1. The van der Waals surface area contributed by atoms with Crippen LogP contribution in [0.1, 0.15) is 50.4 Å². The molecular formula is C25H28BrFN2O5S. The normalized spacial score (nSPS) is 23.6. The van der Waals surface area contributed by atoms with E-state index in [9.17, 15) is 22.4 Å². The number of rotatable bonds is 6. The highest BCUT2D eigenvalue weighted by Gasteiger charge is 2.53. The molecule has 1 saturated carbocycles. The smallest absolute Gasteiger partial charge is 0.338 e. The van der Waals surface area contributed by atoms with Gasteiger partial charge in [0.1, 0.15) is 5.82 Å². The summed E-state index contributed by atoms with van der Waals surface area (Å²) in [5, 5.41) is 2.33. The molecule has 2 aromatic carbocycles. The van der Waals surface area contributed by atoms with Gasteiger partial charge < -0.3 is 10.1 Å². The van der Waals surface area contributed by atoms with Crippen molar-refractivity contribution in [3.8, 4) is 0 Å². The highest BCUT2D eigenvalue weighted by molar-refractivity contribution is 9.10. The highest BCUT2D eigenvalue weighted by atomic mass is 79.9. The summed E-state index contributed by atoms with van der Waals surface area (Å²) in [4.78, 5) is 24.7. The number of carbonyl (C=O) groups is 2. The minimum absolute atomic E-state index is 0.0160. The van der Waals surface area contributed by atoms with Crippen LogP contribution in [-0.4, -0.2) is 43.8 Å². The molecule has 1 aliphatic heterocycles. The molecule has 4 rings (SSSR count). The summed E-state index contributed by atoms with van der Waals surface area (Å²) in [5.41, 5.74) is -0.0390. The van der Waals surface area contributed by atoms with E-state index in [-0.39, 0.29) is 33.0 Å². The molecular weight excluding hydrogens is 539 g/mol. The minimum atomic E-state index is -3.82. The quantitative estimate of drug-likeness (QED) is 0.498. The minimum Gasteiger partial charge on any atom is -0.452 e. The molecule has 2 aliphatic rings. The Bertz CT molecular complexity index is 1280. The van der Waals surface area contributed by atoms with Crippen molar-refractivity contribution in [2.75, 3.05) is 18.5 Å². The van der Waals surface area contributed by atoms with Crippen molar-refractivity contribution in [2.24, 2.45) is 10.8 Å². The lowest BCUT2D eigenvalue weighted by molar-refractivity contribution is -0.119. The first-order valence-electron chi connectivity index (χ1n) is 11.3.